The largest absolute Gasteiger partial charge is 0.465 e. The van der Waals surface area contributed by atoms with Gasteiger partial charge in [-0.2, -0.15) is 0 Å². The van der Waals surface area contributed by atoms with Gasteiger partial charge in [-0.15, -0.1) is 0 Å². The average Bonchev–Trinajstić information content (AvgIpc) is 2.69. The number of carbonyl (C=O) groups is 2. The van der Waals surface area contributed by atoms with E-state index in [0.717, 1.165) is 5.56 Å². The maximum Gasteiger partial charge on any atom is 0.339 e. The fourth-order valence-corrected chi connectivity index (χ4v) is 2.47. The van der Waals surface area contributed by atoms with Gasteiger partial charge in [-0.25, -0.2) is 19.7 Å². The number of hydrogen-bond acceptors (Lipinski definition) is 6. The highest BCUT2D eigenvalue weighted by molar-refractivity contribution is 6.34. The van der Waals surface area contributed by atoms with Crippen LogP contribution in [0.1, 0.15) is 20.7 Å². The number of carbonyl (C=O) groups excluding carboxylic acids is 2. The number of benzene rings is 1. The van der Waals surface area contributed by atoms with Crippen LogP contribution in [0.15, 0.2) is 55.1 Å². The highest BCUT2D eigenvalue weighted by Gasteiger charge is 2.17. The van der Waals surface area contributed by atoms with Crippen LogP contribution in [-0.2, 0) is 4.74 Å². The zero-order chi connectivity index (χ0) is 18.5. The average molecular weight is 369 g/mol. The number of ether oxygens (including phenoxy) is 1. The first-order valence-corrected chi connectivity index (χ1v) is 7.88. The lowest BCUT2D eigenvalue weighted by Gasteiger charge is -2.10. The van der Waals surface area contributed by atoms with Gasteiger partial charge in [0.05, 0.1) is 29.0 Å². The second-order valence-electron chi connectivity index (χ2n) is 5.15. The van der Waals surface area contributed by atoms with Crippen LogP contribution in [0.2, 0.25) is 5.02 Å². The monoisotopic (exact) mass is 368 g/mol. The van der Waals surface area contributed by atoms with E-state index >= 15 is 0 Å². The predicted octanol–water partition coefficient (Wildman–Crippen LogP) is 3.23. The molecule has 3 rings (SSSR count). The first-order chi connectivity index (χ1) is 12.6. The summed E-state index contributed by atoms with van der Waals surface area (Å²) in [6, 6.07) is 10.6. The first-order valence-electron chi connectivity index (χ1n) is 7.50. The van der Waals surface area contributed by atoms with Crippen molar-refractivity contribution in [2.24, 2.45) is 0 Å². The molecule has 0 unspecified atom stereocenters. The molecular formula is C18H13ClN4O3. The number of amides is 1. The number of pyridine rings is 1. The molecule has 130 valence electrons. The van der Waals surface area contributed by atoms with Gasteiger partial charge in [0.2, 0.25) is 0 Å². The van der Waals surface area contributed by atoms with Crippen molar-refractivity contribution in [1.82, 2.24) is 15.0 Å². The summed E-state index contributed by atoms with van der Waals surface area (Å²) < 4.78 is 4.60. The summed E-state index contributed by atoms with van der Waals surface area (Å²) in [5, 5.41) is 2.72. The first kappa shape index (κ1) is 17.5. The zero-order valence-electron chi connectivity index (χ0n) is 13.6. The summed E-state index contributed by atoms with van der Waals surface area (Å²) >= 11 is 6.10. The second kappa shape index (κ2) is 7.71. The molecule has 0 aliphatic rings. The number of methoxy groups -OCH3 is 1. The van der Waals surface area contributed by atoms with Crippen LogP contribution in [0.4, 0.5) is 5.82 Å². The standard InChI is InChI=1S/C18H13ClN4O3/c1-26-18(25)12-7-14(19)16(21-8-12)23-17(24)13-9-20-10-22-15(13)11-5-3-2-4-6-11/h2-10H,1H3,(H,21,23,24). The minimum Gasteiger partial charge on any atom is -0.465 e. The van der Waals surface area contributed by atoms with Crippen LogP contribution in [0.25, 0.3) is 11.3 Å². The van der Waals surface area contributed by atoms with Crippen molar-refractivity contribution < 1.29 is 14.3 Å². The summed E-state index contributed by atoms with van der Waals surface area (Å²) in [7, 11) is 1.26. The van der Waals surface area contributed by atoms with E-state index in [9.17, 15) is 9.59 Å². The van der Waals surface area contributed by atoms with Crippen molar-refractivity contribution in [3.8, 4) is 11.3 Å². The minimum atomic E-state index is -0.569. The summed E-state index contributed by atoms with van der Waals surface area (Å²) in [5.41, 5.74) is 1.72. The number of esters is 1. The third-order valence-corrected chi connectivity index (χ3v) is 3.79. The summed E-state index contributed by atoms with van der Waals surface area (Å²) in [6.07, 6.45) is 4.06. The summed E-state index contributed by atoms with van der Waals surface area (Å²) in [5.74, 6) is -0.919. The highest BCUT2D eigenvalue weighted by Crippen LogP contribution is 2.24. The molecule has 0 radical (unpaired) electrons. The molecule has 0 fully saturated rings. The van der Waals surface area contributed by atoms with Crippen molar-refractivity contribution in [3.63, 3.8) is 0 Å². The maximum atomic E-state index is 12.7. The zero-order valence-corrected chi connectivity index (χ0v) is 14.4. The molecule has 2 heterocycles. The van der Waals surface area contributed by atoms with E-state index in [0.29, 0.717) is 5.69 Å². The number of aromatic nitrogens is 3. The Balaban J connectivity index is 1.89. The number of hydrogen-bond donors (Lipinski definition) is 1. The van der Waals surface area contributed by atoms with Crippen molar-refractivity contribution in [2.45, 2.75) is 0 Å². The third kappa shape index (κ3) is 3.68. The Kier molecular flexibility index (Phi) is 5.19. The molecule has 0 spiro atoms. The molecule has 1 N–H and O–H groups in total. The Bertz CT molecular complexity index is 964. The van der Waals surface area contributed by atoms with Crippen LogP contribution in [-0.4, -0.2) is 33.9 Å². The predicted molar refractivity (Wildman–Crippen MR) is 96.0 cm³/mol. The quantitative estimate of drug-likeness (QED) is 0.710. The molecule has 1 amide bonds. The number of nitrogens with zero attached hydrogens (tertiary/aromatic N) is 3. The molecule has 0 atom stereocenters. The van der Waals surface area contributed by atoms with Crippen LogP contribution in [0.5, 0.6) is 0 Å². The van der Waals surface area contributed by atoms with Crippen molar-refractivity contribution in [3.05, 3.63) is 71.3 Å². The molecule has 0 saturated heterocycles. The number of rotatable bonds is 4. The molecular weight excluding hydrogens is 356 g/mol. The van der Waals surface area contributed by atoms with Crippen LogP contribution >= 0.6 is 11.6 Å². The maximum absolute atomic E-state index is 12.7. The molecule has 26 heavy (non-hydrogen) atoms. The van der Waals surface area contributed by atoms with Crippen molar-refractivity contribution in [1.29, 1.82) is 0 Å². The Labute approximate surface area is 154 Å². The van der Waals surface area contributed by atoms with Gasteiger partial charge in [-0.1, -0.05) is 41.9 Å². The molecule has 7 nitrogen and oxygen atoms in total. The van der Waals surface area contributed by atoms with Crippen molar-refractivity contribution >= 4 is 29.3 Å². The van der Waals surface area contributed by atoms with Gasteiger partial charge in [0.15, 0.2) is 5.82 Å². The van der Waals surface area contributed by atoms with E-state index in [2.05, 4.69) is 25.0 Å². The lowest BCUT2D eigenvalue weighted by Crippen LogP contribution is -2.16. The molecule has 0 aliphatic carbocycles. The van der Waals surface area contributed by atoms with E-state index < -0.39 is 11.9 Å². The Morgan fingerprint density at radius 2 is 1.88 bits per heavy atom. The summed E-state index contributed by atoms with van der Waals surface area (Å²) in [4.78, 5) is 36.3. The molecule has 1 aromatic carbocycles. The minimum absolute atomic E-state index is 0.111. The number of halogens is 1. The fraction of sp³-hybridized carbons (Fsp3) is 0.0556. The van der Waals surface area contributed by atoms with Crippen LogP contribution < -0.4 is 5.32 Å². The van der Waals surface area contributed by atoms with E-state index in [1.165, 1.54) is 31.9 Å². The highest BCUT2D eigenvalue weighted by atomic mass is 35.5. The smallest absolute Gasteiger partial charge is 0.339 e. The Hall–Kier alpha value is -3.32. The van der Waals surface area contributed by atoms with E-state index in [4.69, 9.17) is 11.6 Å². The SMILES string of the molecule is COC(=O)c1cnc(NC(=O)c2cncnc2-c2ccccc2)c(Cl)c1. The summed E-state index contributed by atoms with van der Waals surface area (Å²) in [6.45, 7) is 0. The van der Waals surface area contributed by atoms with Crippen molar-refractivity contribution in [2.75, 3.05) is 12.4 Å². The normalized spacial score (nSPS) is 10.2. The topological polar surface area (TPSA) is 94.1 Å². The molecule has 0 saturated carbocycles. The number of nitrogens with one attached hydrogen (secondary N) is 1. The van der Waals surface area contributed by atoms with E-state index in [-0.39, 0.29) is 22.0 Å². The fourth-order valence-electron chi connectivity index (χ4n) is 2.26. The van der Waals surface area contributed by atoms with E-state index in [1.807, 2.05) is 30.3 Å². The lowest BCUT2D eigenvalue weighted by molar-refractivity contribution is 0.0600. The van der Waals surface area contributed by atoms with Gasteiger partial charge >= 0.3 is 5.97 Å². The van der Waals surface area contributed by atoms with Crippen LogP contribution in [0, 0.1) is 0 Å². The third-order valence-electron chi connectivity index (χ3n) is 3.50. The Morgan fingerprint density at radius 3 is 2.58 bits per heavy atom. The van der Waals surface area contributed by atoms with Gasteiger partial charge in [-0.3, -0.25) is 4.79 Å². The molecule has 2 aromatic heterocycles. The van der Waals surface area contributed by atoms with E-state index in [1.54, 1.807) is 0 Å². The molecule has 0 aliphatic heterocycles. The van der Waals surface area contributed by atoms with Gasteiger partial charge < -0.3 is 10.1 Å². The molecule has 3 aromatic rings. The van der Waals surface area contributed by atoms with Gasteiger partial charge in [0.25, 0.3) is 5.91 Å². The van der Waals surface area contributed by atoms with Gasteiger partial charge in [0, 0.05) is 18.0 Å². The Morgan fingerprint density at radius 1 is 1.12 bits per heavy atom. The van der Waals surface area contributed by atoms with Gasteiger partial charge in [-0.05, 0) is 6.07 Å². The van der Waals surface area contributed by atoms with Crippen LogP contribution in [0.3, 0.4) is 0 Å². The number of anilines is 1. The van der Waals surface area contributed by atoms with Gasteiger partial charge in [0.1, 0.15) is 6.33 Å². The molecule has 8 heteroatoms. The molecule has 0 bridgehead atoms. The lowest BCUT2D eigenvalue weighted by atomic mass is 10.1. The second-order valence-corrected chi connectivity index (χ2v) is 5.56.